The fourth-order valence-corrected chi connectivity index (χ4v) is 5.39. The third-order valence-electron chi connectivity index (χ3n) is 7.60. The highest BCUT2D eigenvalue weighted by molar-refractivity contribution is 5.93. The number of hydrogen-bond donors (Lipinski definition) is 3. The molecule has 0 bridgehead atoms. The molecule has 1 aliphatic rings. The Hall–Kier alpha value is -4.88. The third-order valence-corrected chi connectivity index (χ3v) is 7.60. The van der Waals surface area contributed by atoms with Crippen molar-refractivity contribution < 1.29 is 23.8 Å². The summed E-state index contributed by atoms with van der Waals surface area (Å²) in [6, 6.07) is 29.4. The predicted octanol–water partition coefficient (Wildman–Crippen LogP) is 6.18. The lowest BCUT2D eigenvalue weighted by atomic mass is 9.99. The molecule has 1 fully saturated rings. The van der Waals surface area contributed by atoms with Crippen LogP contribution in [0, 0.1) is 5.92 Å². The van der Waals surface area contributed by atoms with Crippen molar-refractivity contribution in [2.24, 2.45) is 11.7 Å². The highest BCUT2D eigenvalue weighted by Crippen LogP contribution is 2.47. The third kappa shape index (κ3) is 5.58. The smallest absolute Gasteiger partial charge is 0.331 e. The van der Waals surface area contributed by atoms with Crippen molar-refractivity contribution in [2.45, 2.75) is 31.5 Å². The standard InChI is InChI=1S/C34H30N2O5/c35-19-21-7-6-10-24(15-21)28-17-22(16-25-13-14-40-32(25)28)20-41-30-12-5-4-11-26(30)31(34(38)39)36-33(37)29-18-27(29)23-8-2-1-3-9-23/h1-17,27,29,31H,18-20,35H2,(H,36,37)(H,38,39). The van der Waals surface area contributed by atoms with Gasteiger partial charge in [-0.05, 0) is 64.9 Å². The predicted molar refractivity (Wildman–Crippen MR) is 156 cm³/mol. The van der Waals surface area contributed by atoms with Crippen LogP contribution in [0.4, 0.5) is 0 Å². The van der Waals surface area contributed by atoms with E-state index in [2.05, 4.69) is 5.32 Å². The van der Waals surface area contributed by atoms with Crippen LogP contribution >= 0.6 is 0 Å². The summed E-state index contributed by atoms with van der Waals surface area (Å²) in [7, 11) is 0. The molecule has 0 aliphatic heterocycles. The molecular formula is C34H30N2O5. The molecule has 7 nitrogen and oxygen atoms in total. The monoisotopic (exact) mass is 546 g/mol. The van der Waals surface area contributed by atoms with E-state index in [9.17, 15) is 14.7 Å². The van der Waals surface area contributed by atoms with Gasteiger partial charge in [-0.25, -0.2) is 4.79 Å². The Labute approximate surface area is 237 Å². The first-order valence-electron chi connectivity index (χ1n) is 13.6. The van der Waals surface area contributed by atoms with Crippen LogP contribution in [-0.4, -0.2) is 17.0 Å². The molecule has 4 N–H and O–H groups in total. The second-order valence-electron chi connectivity index (χ2n) is 10.4. The molecule has 3 atom stereocenters. The van der Waals surface area contributed by atoms with E-state index in [4.69, 9.17) is 14.9 Å². The van der Waals surface area contributed by atoms with E-state index >= 15 is 0 Å². The van der Waals surface area contributed by atoms with Crippen LogP contribution in [0.1, 0.15) is 40.6 Å². The molecule has 3 unspecified atom stereocenters. The molecule has 0 radical (unpaired) electrons. The molecule has 0 saturated heterocycles. The van der Waals surface area contributed by atoms with Crippen LogP contribution in [0.15, 0.2) is 108 Å². The van der Waals surface area contributed by atoms with E-state index in [-0.39, 0.29) is 24.3 Å². The first kappa shape index (κ1) is 26.3. The van der Waals surface area contributed by atoms with Gasteiger partial charge in [-0.15, -0.1) is 0 Å². The molecule has 0 spiro atoms. The van der Waals surface area contributed by atoms with E-state index in [0.29, 0.717) is 24.3 Å². The van der Waals surface area contributed by atoms with Crippen LogP contribution < -0.4 is 15.8 Å². The number of hydrogen-bond acceptors (Lipinski definition) is 5. The number of amides is 1. The van der Waals surface area contributed by atoms with Crippen molar-refractivity contribution in [3.05, 3.63) is 126 Å². The Morgan fingerprint density at radius 1 is 0.951 bits per heavy atom. The summed E-state index contributed by atoms with van der Waals surface area (Å²) >= 11 is 0. The van der Waals surface area contributed by atoms with Crippen LogP contribution in [0.3, 0.4) is 0 Å². The molecule has 1 heterocycles. The zero-order valence-corrected chi connectivity index (χ0v) is 22.3. The number of carboxylic acids is 1. The van der Waals surface area contributed by atoms with Crippen LogP contribution in [0.5, 0.6) is 5.75 Å². The van der Waals surface area contributed by atoms with E-state index in [1.54, 1.807) is 30.5 Å². The first-order valence-corrected chi connectivity index (χ1v) is 13.6. The number of rotatable bonds is 10. The van der Waals surface area contributed by atoms with Crippen molar-refractivity contribution in [1.82, 2.24) is 5.32 Å². The van der Waals surface area contributed by atoms with Crippen molar-refractivity contribution in [3.8, 4) is 16.9 Å². The molecule has 1 saturated carbocycles. The van der Waals surface area contributed by atoms with Gasteiger partial charge in [0, 0.05) is 29.0 Å². The van der Waals surface area contributed by atoms with Gasteiger partial charge in [0.15, 0.2) is 6.04 Å². The Balaban J connectivity index is 1.22. The van der Waals surface area contributed by atoms with E-state index in [0.717, 1.165) is 38.8 Å². The second-order valence-corrected chi connectivity index (χ2v) is 10.4. The van der Waals surface area contributed by atoms with Gasteiger partial charge in [-0.2, -0.15) is 0 Å². The summed E-state index contributed by atoms with van der Waals surface area (Å²) in [6.07, 6.45) is 2.36. The minimum absolute atomic E-state index is 0.106. The summed E-state index contributed by atoms with van der Waals surface area (Å²) in [5.74, 6) is -1.15. The fourth-order valence-electron chi connectivity index (χ4n) is 5.39. The van der Waals surface area contributed by atoms with Crippen molar-refractivity contribution >= 4 is 22.8 Å². The van der Waals surface area contributed by atoms with Gasteiger partial charge in [0.2, 0.25) is 5.91 Å². The minimum Gasteiger partial charge on any atom is -0.489 e. The number of ether oxygens (including phenoxy) is 1. The number of aliphatic carboxylic acids is 1. The molecule has 206 valence electrons. The average Bonchev–Trinajstić information content (AvgIpc) is 3.68. The van der Waals surface area contributed by atoms with Gasteiger partial charge in [0.25, 0.3) is 0 Å². The van der Waals surface area contributed by atoms with Gasteiger partial charge in [0.1, 0.15) is 17.9 Å². The first-order chi connectivity index (χ1) is 20.0. The molecule has 1 aliphatic carbocycles. The fraction of sp³-hybridized carbons (Fsp3) is 0.176. The number of furan rings is 1. The van der Waals surface area contributed by atoms with Crippen molar-refractivity contribution in [2.75, 3.05) is 0 Å². The largest absolute Gasteiger partial charge is 0.489 e. The van der Waals surface area contributed by atoms with Gasteiger partial charge < -0.3 is 25.3 Å². The summed E-state index contributed by atoms with van der Waals surface area (Å²) in [4.78, 5) is 25.4. The lowest BCUT2D eigenvalue weighted by Gasteiger charge is -2.19. The van der Waals surface area contributed by atoms with E-state index in [1.807, 2.05) is 72.8 Å². The Kier molecular flexibility index (Phi) is 7.27. The highest BCUT2D eigenvalue weighted by atomic mass is 16.5. The average molecular weight is 547 g/mol. The van der Waals surface area contributed by atoms with E-state index in [1.165, 1.54) is 0 Å². The molecule has 6 rings (SSSR count). The lowest BCUT2D eigenvalue weighted by Crippen LogP contribution is -2.35. The zero-order valence-electron chi connectivity index (χ0n) is 22.3. The summed E-state index contributed by atoms with van der Waals surface area (Å²) in [5.41, 5.74) is 11.9. The number of nitrogens with one attached hydrogen (secondary N) is 1. The maximum atomic E-state index is 13.1. The molecule has 1 aromatic heterocycles. The summed E-state index contributed by atoms with van der Waals surface area (Å²) in [6.45, 7) is 0.629. The lowest BCUT2D eigenvalue weighted by molar-refractivity contribution is -0.142. The van der Waals surface area contributed by atoms with Crippen LogP contribution in [0.25, 0.3) is 22.1 Å². The molecular weight excluding hydrogens is 516 g/mol. The van der Waals surface area contributed by atoms with Crippen LogP contribution in [0.2, 0.25) is 0 Å². The molecule has 41 heavy (non-hydrogen) atoms. The topological polar surface area (TPSA) is 115 Å². The van der Waals surface area contributed by atoms with Gasteiger partial charge in [-0.1, -0.05) is 66.7 Å². The Bertz CT molecular complexity index is 1710. The highest BCUT2D eigenvalue weighted by Gasteiger charge is 2.45. The van der Waals surface area contributed by atoms with Gasteiger partial charge in [-0.3, -0.25) is 4.79 Å². The number of carbonyl (C=O) groups excluding carboxylic acids is 1. The maximum absolute atomic E-state index is 13.1. The zero-order chi connectivity index (χ0) is 28.3. The molecule has 1 amide bonds. The second kappa shape index (κ2) is 11.3. The summed E-state index contributed by atoms with van der Waals surface area (Å²) in [5, 5.41) is 13.8. The number of benzene rings is 4. The normalized spacial score (nSPS) is 16.7. The molecule has 5 aromatic rings. The maximum Gasteiger partial charge on any atom is 0.331 e. The van der Waals surface area contributed by atoms with E-state index < -0.39 is 12.0 Å². The number of nitrogens with two attached hydrogens (primary N) is 1. The Morgan fingerprint density at radius 3 is 2.56 bits per heavy atom. The number of carbonyl (C=O) groups is 2. The van der Waals surface area contributed by atoms with Gasteiger partial charge in [0.05, 0.1) is 6.26 Å². The SMILES string of the molecule is NCc1cccc(-c2cc(COc3ccccc3C(NC(=O)C3CC3c3ccccc3)C(=O)O)cc3ccoc23)c1. The molecule has 7 heteroatoms. The quantitative estimate of drug-likeness (QED) is 0.193. The molecule has 4 aromatic carbocycles. The number of carboxylic acid groups (broad SMARTS) is 1. The minimum atomic E-state index is -1.23. The number of fused-ring (bicyclic) bond motifs is 1. The summed E-state index contributed by atoms with van der Waals surface area (Å²) < 4.78 is 12.0. The van der Waals surface area contributed by atoms with Gasteiger partial charge >= 0.3 is 5.97 Å². The van der Waals surface area contributed by atoms with Crippen LogP contribution in [-0.2, 0) is 22.7 Å². The van der Waals surface area contributed by atoms with Crippen molar-refractivity contribution in [1.29, 1.82) is 0 Å². The number of para-hydroxylation sites is 1. The van der Waals surface area contributed by atoms with Crippen molar-refractivity contribution in [3.63, 3.8) is 0 Å². The Morgan fingerprint density at radius 2 is 1.76 bits per heavy atom.